The monoisotopic (exact) mass is 1250 g/mol. The van der Waals surface area contributed by atoms with Crippen LogP contribution >= 0.6 is 0 Å². The van der Waals surface area contributed by atoms with Gasteiger partial charge in [0, 0.05) is 23.9 Å². The Morgan fingerprint density at radius 2 is 0.678 bits per heavy atom. The summed E-state index contributed by atoms with van der Waals surface area (Å²) in [6.45, 7) is 3.26. The van der Waals surface area contributed by atoms with Crippen LogP contribution in [0.5, 0.6) is 0 Å². The average Bonchev–Trinajstić information content (AvgIpc) is 0.963. The summed E-state index contributed by atoms with van der Waals surface area (Å²) in [5.74, 6) is -5.39. The van der Waals surface area contributed by atoms with Crippen molar-refractivity contribution >= 4 is 23.9 Å². The third kappa shape index (κ3) is 18.9. The summed E-state index contributed by atoms with van der Waals surface area (Å²) in [6.07, 6.45) is -4.51. The van der Waals surface area contributed by atoms with Crippen molar-refractivity contribution < 1.29 is 107 Å². The van der Waals surface area contributed by atoms with Crippen molar-refractivity contribution in [2.75, 3.05) is 26.2 Å². The zero-order valence-electron chi connectivity index (χ0n) is 47.3. The van der Waals surface area contributed by atoms with E-state index in [1.807, 2.05) is 36.4 Å². The van der Waals surface area contributed by atoms with Gasteiger partial charge in [-0.1, -0.05) is 99.2 Å². The fourth-order valence-corrected chi connectivity index (χ4v) is 13.8. The van der Waals surface area contributed by atoms with E-state index in [-0.39, 0.29) is 89.9 Å². The lowest BCUT2D eigenvalue weighted by Crippen LogP contribution is -2.61. The predicted octanol–water partition coefficient (Wildman–Crippen LogP) is 13.6. The fraction of sp³-hybridized carbons (Fsp3) is 0.548. The second-order valence-corrected chi connectivity index (χ2v) is 23.0. The van der Waals surface area contributed by atoms with Crippen molar-refractivity contribution in [3.63, 3.8) is 0 Å². The fourth-order valence-electron chi connectivity index (χ4n) is 13.8. The molecule has 2 saturated carbocycles. The summed E-state index contributed by atoms with van der Waals surface area (Å²) in [4.78, 5) is 41.3. The van der Waals surface area contributed by atoms with Gasteiger partial charge in [-0.25, -0.2) is 19.2 Å². The average molecular weight is 1250 g/mol. The highest BCUT2D eigenvalue weighted by Gasteiger charge is 2.51. The zero-order chi connectivity index (χ0) is 62.7. The lowest BCUT2D eigenvalue weighted by Gasteiger charge is -2.55. The minimum Gasteiger partial charge on any atom is -0.473 e. The molecule has 0 amide bonds. The highest BCUT2D eigenvalue weighted by molar-refractivity contribution is 6.27. The number of carbonyl (C=O) groups is 4. The second kappa shape index (κ2) is 30.3. The zero-order valence-corrected chi connectivity index (χ0v) is 47.3. The number of piperidine rings is 6. The first kappa shape index (κ1) is 69.8. The van der Waals surface area contributed by atoms with Crippen LogP contribution in [0.1, 0.15) is 146 Å². The Bertz CT molecular complexity index is 2580. The van der Waals surface area contributed by atoms with Gasteiger partial charge in [0.1, 0.15) is 0 Å². The first-order chi connectivity index (χ1) is 40.5. The number of hydrogen-bond acceptors (Lipinski definition) is 8. The van der Waals surface area contributed by atoms with Gasteiger partial charge in [-0.05, 0) is 160 Å². The van der Waals surface area contributed by atoms with Crippen LogP contribution < -0.4 is 0 Å². The number of fused-ring (bicyclic) bond motifs is 6. The van der Waals surface area contributed by atoms with E-state index >= 15 is 0 Å². The number of ether oxygens (including phenoxy) is 2. The smallest absolute Gasteiger partial charge is 0.416 e. The van der Waals surface area contributed by atoms with Gasteiger partial charge in [-0.2, -0.15) is 52.7 Å². The topological polar surface area (TPSA) is 206 Å². The molecule has 8 aliphatic rings. The van der Waals surface area contributed by atoms with Gasteiger partial charge in [0.05, 0.1) is 47.7 Å². The van der Waals surface area contributed by atoms with Gasteiger partial charge in [0.25, 0.3) is 0 Å². The summed E-state index contributed by atoms with van der Waals surface area (Å²) >= 11 is 0. The number of alkyl halides is 12. The highest BCUT2D eigenvalue weighted by atomic mass is 19.4. The summed E-state index contributed by atoms with van der Waals surface area (Å²) in [5, 5.41) is 29.6. The van der Waals surface area contributed by atoms with Gasteiger partial charge in [0.15, 0.2) is 0 Å². The molecule has 4 bridgehead atoms. The first-order valence-electron chi connectivity index (χ1n) is 28.8. The van der Waals surface area contributed by atoms with E-state index in [0.29, 0.717) is 11.8 Å². The maximum Gasteiger partial charge on any atom is 0.416 e. The van der Waals surface area contributed by atoms with Crippen LogP contribution in [0.3, 0.4) is 0 Å². The first-order valence-corrected chi connectivity index (χ1v) is 28.8. The minimum atomic E-state index is -4.87. The maximum atomic E-state index is 13.4. The van der Waals surface area contributed by atoms with E-state index < -0.39 is 70.8 Å². The Hall–Kier alpha value is -6.28. The van der Waals surface area contributed by atoms with Crippen LogP contribution in [0.25, 0.3) is 0 Å². The number of rotatable bonds is 12. The van der Waals surface area contributed by atoms with Crippen molar-refractivity contribution in [1.29, 1.82) is 0 Å². The van der Waals surface area contributed by atoms with Crippen LogP contribution in [0, 0.1) is 23.7 Å². The Labute approximate surface area is 494 Å². The summed E-state index contributed by atoms with van der Waals surface area (Å²) < 4.78 is 174. The standard InChI is InChI=1S/2C29H33F6NO.2C2H2O4.H2O/c2*30-28(31,32)23-15-19(16-24(17-23)29(33,34)35)18-37-27-22-11-13-36(14-12-22)26(27)25(20-7-3-1-4-8-20)21-9-5-2-6-10-21;2*3-1(4)2(5)6;/h2*1,3-4,7-8,15-17,21-22,25-27H,2,5-6,9-14,18H2;2*(H,3,4)(H,5,6);1H2. The molecule has 6 N–H and O–H groups in total. The number of carboxylic acid groups (broad SMARTS) is 4. The molecule has 6 aliphatic heterocycles. The molecular formula is C62H72F12N2O11. The van der Waals surface area contributed by atoms with Crippen LogP contribution in [0.2, 0.25) is 0 Å². The van der Waals surface area contributed by atoms with E-state index in [9.17, 15) is 52.7 Å². The highest BCUT2D eigenvalue weighted by Crippen LogP contribution is 2.50. The second-order valence-electron chi connectivity index (χ2n) is 23.0. The molecule has 25 heteroatoms. The summed E-state index contributed by atoms with van der Waals surface area (Å²) in [5.41, 5.74) is -2.87. The Morgan fingerprint density at radius 1 is 0.414 bits per heavy atom. The van der Waals surface area contributed by atoms with Gasteiger partial charge < -0.3 is 35.4 Å². The normalized spacial score (nSPS) is 24.7. The van der Waals surface area contributed by atoms with E-state index in [1.165, 1.54) is 49.7 Å². The summed E-state index contributed by atoms with van der Waals surface area (Å²) in [6, 6.07) is 24.4. The lowest BCUT2D eigenvalue weighted by molar-refractivity contribution is -0.159. The Kier molecular flexibility index (Phi) is 24.3. The molecular weight excluding hydrogens is 1180 g/mol. The van der Waals surface area contributed by atoms with E-state index in [1.54, 1.807) is 0 Å². The van der Waals surface area contributed by atoms with Gasteiger partial charge in [0.2, 0.25) is 0 Å². The van der Waals surface area contributed by atoms with E-state index in [2.05, 4.69) is 34.1 Å². The van der Waals surface area contributed by atoms with Crippen LogP contribution in [-0.2, 0) is 66.6 Å². The molecule has 4 aromatic rings. The van der Waals surface area contributed by atoms with Crippen molar-refractivity contribution in [3.8, 4) is 0 Å². The molecule has 4 aromatic carbocycles. The van der Waals surface area contributed by atoms with Crippen LogP contribution in [0.15, 0.2) is 97.1 Å². The molecule has 0 spiro atoms. The molecule has 2 aliphatic carbocycles. The number of halogens is 12. The van der Waals surface area contributed by atoms with Crippen LogP contribution in [0.4, 0.5) is 52.7 Å². The van der Waals surface area contributed by atoms with Gasteiger partial charge >= 0.3 is 48.6 Å². The molecule has 0 aromatic heterocycles. The SMILES string of the molecule is FC(F)(F)c1cc(COC2C3CCN(CC3)C2C(c2ccccc2)C2CCCCC2)cc(C(F)(F)F)c1.FC(F)(F)c1cc(COC2C3CCN(CC3)C2C(c2ccccc2)C2CCCCC2)cc(C(F)(F)F)c1.O.O=C(O)C(=O)O.O=C(O)C(=O)O. The third-order valence-corrected chi connectivity index (χ3v) is 17.6. The van der Waals surface area contributed by atoms with E-state index in [4.69, 9.17) is 49.1 Å². The number of carboxylic acids is 4. The molecule has 6 atom stereocenters. The molecule has 0 radical (unpaired) electrons. The number of nitrogens with zero attached hydrogens (tertiary/aromatic N) is 2. The molecule has 6 heterocycles. The Morgan fingerprint density at radius 3 is 0.920 bits per heavy atom. The van der Waals surface area contributed by atoms with Crippen molar-refractivity contribution in [2.24, 2.45) is 23.7 Å². The molecule has 13 nitrogen and oxygen atoms in total. The predicted molar refractivity (Wildman–Crippen MR) is 292 cm³/mol. The molecule has 12 rings (SSSR count). The quantitative estimate of drug-likeness (QED) is 0.0772. The molecule has 6 saturated heterocycles. The minimum absolute atomic E-state index is 0. The summed E-state index contributed by atoms with van der Waals surface area (Å²) in [7, 11) is 0. The van der Waals surface area contributed by atoms with Gasteiger partial charge in [-0.15, -0.1) is 0 Å². The lowest BCUT2D eigenvalue weighted by atomic mass is 9.67. The number of benzene rings is 4. The molecule has 6 unspecified atom stereocenters. The van der Waals surface area contributed by atoms with E-state index in [0.717, 1.165) is 102 Å². The van der Waals surface area contributed by atoms with Crippen molar-refractivity contribution in [2.45, 2.75) is 164 Å². The number of aliphatic carboxylic acids is 4. The third-order valence-electron chi connectivity index (χ3n) is 17.6. The molecule has 8 fully saturated rings. The van der Waals surface area contributed by atoms with Crippen molar-refractivity contribution in [1.82, 2.24) is 9.80 Å². The number of hydrogen-bond donors (Lipinski definition) is 4. The molecule has 480 valence electrons. The largest absolute Gasteiger partial charge is 0.473 e. The molecule has 87 heavy (non-hydrogen) atoms. The van der Waals surface area contributed by atoms with Crippen molar-refractivity contribution in [3.05, 3.63) is 142 Å². The van der Waals surface area contributed by atoms with Crippen LogP contribution in [-0.4, -0.2) is 110 Å². The maximum absolute atomic E-state index is 13.4. The van der Waals surface area contributed by atoms with Gasteiger partial charge in [-0.3, -0.25) is 9.80 Å². The Balaban J connectivity index is 0.000000232.